The van der Waals surface area contributed by atoms with Crippen molar-refractivity contribution >= 4 is 33.2 Å². The first-order chi connectivity index (χ1) is 10.6. The van der Waals surface area contributed by atoms with Crippen molar-refractivity contribution < 1.29 is 14.3 Å². The second-order valence-corrected chi connectivity index (χ2v) is 5.34. The molecule has 2 aromatic carbocycles. The minimum atomic E-state index is -0.161. The van der Waals surface area contributed by atoms with E-state index in [9.17, 15) is 4.79 Å². The Kier molecular flexibility index (Phi) is 5.66. The van der Waals surface area contributed by atoms with Gasteiger partial charge >= 0.3 is 0 Å². The van der Waals surface area contributed by atoms with E-state index in [4.69, 9.17) is 9.47 Å². The first-order valence-corrected chi connectivity index (χ1v) is 7.43. The lowest BCUT2D eigenvalue weighted by Crippen LogP contribution is -2.21. The number of hydrogen-bond donors (Lipinski definition) is 2. The normalized spacial score (nSPS) is 9.95. The largest absolute Gasteiger partial charge is 0.497 e. The predicted octanol–water partition coefficient (Wildman–Crippen LogP) is 3.52. The minimum absolute atomic E-state index is 0.155. The highest BCUT2D eigenvalue weighted by Crippen LogP contribution is 2.26. The zero-order valence-corrected chi connectivity index (χ0v) is 13.9. The number of carbonyl (C=O) groups excluding carboxylic acids is 1. The van der Waals surface area contributed by atoms with Crippen LogP contribution in [0.3, 0.4) is 0 Å². The molecule has 0 unspecified atom stereocenters. The van der Waals surface area contributed by atoms with Crippen molar-refractivity contribution in [2.45, 2.75) is 0 Å². The zero-order chi connectivity index (χ0) is 15.9. The van der Waals surface area contributed by atoms with Crippen LogP contribution in [0.5, 0.6) is 11.5 Å². The van der Waals surface area contributed by atoms with Gasteiger partial charge in [-0.1, -0.05) is 12.1 Å². The Morgan fingerprint density at radius 3 is 2.32 bits per heavy atom. The van der Waals surface area contributed by atoms with Crippen LogP contribution in [0.2, 0.25) is 0 Å². The topological polar surface area (TPSA) is 59.6 Å². The number of para-hydroxylation sites is 1. The van der Waals surface area contributed by atoms with Crippen molar-refractivity contribution in [2.75, 3.05) is 31.4 Å². The molecule has 2 aromatic rings. The summed E-state index contributed by atoms with van der Waals surface area (Å²) >= 11 is 3.42. The van der Waals surface area contributed by atoms with Gasteiger partial charge in [0.05, 0.1) is 20.8 Å². The molecule has 0 saturated carbocycles. The molecule has 0 atom stereocenters. The highest BCUT2D eigenvalue weighted by atomic mass is 79.9. The quantitative estimate of drug-likeness (QED) is 0.823. The summed E-state index contributed by atoms with van der Waals surface area (Å²) in [5.41, 5.74) is 1.48. The Morgan fingerprint density at radius 1 is 1.09 bits per heavy atom. The molecule has 22 heavy (non-hydrogen) atoms. The summed E-state index contributed by atoms with van der Waals surface area (Å²) in [5, 5.41) is 5.87. The second kappa shape index (κ2) is 7.70. The highest BCUT2D eigenvalue weighted by molar-refractivity contribution is 9.10. The van der Waals surface area contributed by atoms with Crippen molar-refractivity contribution in [2.24, 2.45) is 0 Å². The van der Waals surface area contributed by atoms with Crippen LogP contribution in [0.1, 0.15) is 0 Å². The Morgan fingerprint density at radius 2 is 1.73 bits per heavy atom. The number of methoxy groups -OCH3 is 2. The van der Waals surface area contributed by atoms with E-state index in [-0.39, 0.29) is 12.5 Å². The van der Waals surface area contributed by atoms with Crippen LogP contribution in [-0.4, -0.2) is 26.7 Å². The van der Waals surface area contributed by atoms with Crippen LogP contribution in [-0.2, 0) is 4.79 Å². The van der Waals surface area contributed by atoms with E-state index in [0.717, 1.165) is 10.2 Å². The Bertz CT molecular complexity index is 639. The summed E-state index contributed by atoms with van der Waals surface area (Å²) in [7, 11) is 3.13. The van der Waals surface area contributed by atoms with E-state index in [0.29, 0.717) is 17.2 Å². The Hall–Kier alpha value is -2.21. The van der Waals surface area contributed by atoms with Crippen LogP contribution >= 0.6 is 15.9 Å². The molecule has 0 aliphatic carbocycles. The third-order valence-electron chi connectivity index (χ3n) is 2.95. The van der Waals surface area contributed by atoms with Gasteiger partial charge in [-0.3, -0.25) is 4.79 Å². The maximum atomic E-state index is 12.0. The van der Waals surface area contributed by atoms with Gasteiger partial charge in [-0.2, -0.15) is 0 Å². The summed E-state index contributed by atoms with van der Waals surface area (Å²) in [6.45, 7) is 0.155. The van der Waals surface area contributed by atoms with Crippen LogP contribution in [0, 0.1) is 0 Å². The third-order valence-corrected chi connectivity index (χ3v) is 3.64. The molecule has 0 aliphatic rings. The lowest BCUT2D eigenvalue weighted by Gasteiger charge is -2.11. The third kappa shape index (κ3) is 4.39. The number of anilines is 2. The lowest BCUT2D eigenvalue weighted by atomic mass is 10.2. The average Bonchev–Trinajstić information content (AvgIpc) is 2.53. The molecule has 0 heterocycles. The number of amides is 1. The van der Waals surface area contributed by atoms with Gasteiger partial charge < -0.3 is 20.1 Å². The fourth-order valence-electron chi connectivity index (χ4n) is 1.86. The number of rotatable bonds is 6. The molecule has 0 bridgehead atoms. The van der Waals surface area contributed by atoms with Crippen LogP contribution < -0.4 is 20.1 Å². The Labute approximate surface area is 137 Å². The van der Waals surface area contributed by atoms with Crippen molar-refractivity contribution in [3.63, 3.8) is 0 Å². The van der Waals surface area contributed by atoms with Gasteiger partial charge in [-0.15, -0.1) is 0 Å². The van der Waals surface area contributed by atoms with Gasteiger partial charge in [-0.25, -0.2) is 0 Å². The van der Waals surface area contributed by atoms with E-state index in [2.05, 4.69) is 26.6 Å². The lowest BCUT2D eigenvalue weighted by molar-refractivity contribution is -0.114. The molecule has 2 N–H and O–H groups in total. The molecule has 5 nitrogen and oxygen atoms in total. The van der Waals surface area contributed by atoms with Crippen molar-refractivity contribution in [3.8, 4) is 11.5 Å². The van der Waals surface area contributed by atoms with Crippen molar-refractivity contribution in [1.82, 2.24) is 0 Å². The van der Waals surface area contributed by atoms with Gasteiger partial charge in [0, 0.05) is 34.0 Å². The average molecular weight is 365 g/mol. The molecular formula is C16H17BrN2O3. The maximum absolute atomic E-state index is 12.0. The summed E-state index contributed by atoms with van der Waals surface area (Å²) in [6.07, 6.45) is 0. The van der Waals surface area contributed by atoms with Gasteiger partial charge in [0.1, 0.15) is 11.5 Å². The fourth-order valence-corrected chi connectivity index (χ4v) is 2.29. The maximum Gasteiger partial charge on any atom is 0.243 e. The van der Waals surface area contributed by atoms with Crippen LogP contribution in [0.15, 0.2) is 46.9 Å². The number of nitrogens with one attached hydrogen (secondary N) is 2. The predicted molar refractivity (Wildman–Crippen MR) is 90.8 cm³/mol. The number of carbonyl (C=O) groups is 1. The molecule has 0 radical (unpaired) electrons. The van der Waals surface area contributed by atoms with E-state index in [1.807, 2.05) is 24.3 Å². The smallest absolute Gasteiger partial charge is 0.243 e. The van der Waals surface area contributed by atoms with Crippen LogP contribution in [0.4, 0.5) is 11.4 Å². The van der Waals surface area contributed by atoms with Gasteiger partial charge in [0.2, 0.25) is 5.91 Å². The zero-order valence-electron chi connectivity index (χ0n) is 12.4. The number of hydrogen-bond acceptors (Lipinski definition) is 4. The first-order valence-electron chi connectivity index (χ1n) is 6.63. The molecule has 6 heteroatoms. The second-order valence-electron chi connectivity index (χ2n) is 4.48. The fraction of sp³-hybridized carbons (Fsp3) is 0.188. The van der Waals surface area contributed by atoms with E-state index < -0.39 is 0 Å². The number of halogens is 1. The molecule has 0 spiro atoms. The first kappa shape index (κ1) is 16.2. The molecule has 0 saturated heterocycles. The molecule has 0 aliphatic heterocycles. The summed E-state index contributed by atoms with van der Waals surface area (Å²) < 4.78 is 11.2. The van der Waals surface area contributed by atoms with E-state index in [1.165, 1.54) is 0 Å². The Balaban J connectivity index is 1.98. The number of ether oxygens (including phenoxy) is 2. The minimum Gasteiger partial charge on any atom is -0.497 e. The van der Waals surface area contributed by atoms with Gasteiger partial charge in [0.15, 0.2) is 0 Å². The standard InChI is InChI=1S/C16H17BrN2O3/c1-21-12-7-11(8-13(9-12)22-2)19-16(20)10-18-15-6-4-3-5-14(15)17/h3-9,18H,10H2,1-2H3,(H,19,20). The SMILES string of the molecule is COc1cc(NC(=O)CNc2ccccc2Br)cc(OC)c1. The molecule has 0 aromatic heterocycles. The van der Waals surface area contributed by atoms with Gasteiger partial charge in [-0.05, 0) is 28.1 Å². The van der Waals surface area contributed by atoms with Crippen molar-refractivity contribution in [3.05, 3.63) is 46.9 Å². The molecule has 1 amide bonds. The monoisotopic (exact) mass is 364 g/mol. The van der Waals surface area contributed by atoms with Crippen LogP contribution in [0.25, 0.3) is 0 Å². The van der Waals surface area contributed by atoms with E-state index in [1.54, 1.807) is 32.4 Å². The van der Waals surface area contributed by atoms with Gasteiger partial charge in [0.25, 0.3) is 0 Å². The van der Waals surface area contributed by atoms with E-state index >= 15 is 0 Å². The summed E-state index contributed by atoms with van der Waals surface area (Å²) in [5.74, 6) is 1.08. The molecule has 0 fully saturated rings. The molecule has 2 rings (SSSR count). The molecule has 116 valence electrons. The number of benzene rings is 2. The summed E-state index contributed by atoms with van der Waals surface area (Å²) in [6, 6.07) is 12.8. The van der Waals surface area contributed by atoms with Crippen molar-refractivity contribution in [1.29, 1.82) is 0 Å². The highest BCUT2D eigenvalue weighted by Gasteiger charge is 2.07. The summed E-state index contributed by atoms with van der Waals surface area (Å²) in [4.78, 5) is 12.0. The molecular weight excluding hydrogens is 348 g/mol.